The van der Waals surface area contributed by atoms with Crippen LogP contribution in [0.2, 0.25) is 0 Å². The fraction of sp³-hybridized carbons (Fsp3) is 0.105. The highest BCUT2D eigenvalue weighted by atomic mass is 32.2. The lowest BCUT2D eigenvalue weighted by molar-refractivity contribution is -0.194. The topological polar surface area (TPSA) is 156 Å². The molecule has 1 aliphatic rings. The van der Waals surface area contributed by atoms with E-state index in [-0.39, 0.29) is 11.4 Å². The Kier molecular flexibility index (Phi) is 4.94. The molecule has 0 unspecified atom stereocenters. The van der Waals surface area contributed by atoms with Gasteiger partial charge in [-0.25, -0.2) is 17.8 Å². The minimum absolute atomic E-state index is 0.0228. The number of aromatic amines is 1. The summed E-state index contributed by atoms with van der Waals surface area (Å²) in [7, 11) is -5.01. The summed E-state index contributed by atoms with van der Waals surface area (Å²) < 4.78 is 70.9. The lowest BCUT2D eigenvalue weighted by Crippen LogP contribution is -2.61. The van der Waals surface area contributed by atoms with Gasteiger partial charge in [0.1, 0.15) is 5.82 Å². The van der Waals surface area contributed by atoms with Crippen LogP contribution in [-0.4, -0.2) is 30.1 Å². The SMILES string of the molecule is Nc1ccc(S(=O)(=O)N[C@]2(C(F)(F)F)C(=O)Nc3c2c(=O)[nH]c(=O)n3-c2ccccc2)cc1. The number of rotatable bonds is 4. The molecule has 1 atom stereocenters. The fourth-order valence-electron chi connectivity index (χ4n) is 3.47. The first-order valence-electron chi connectivity index (χ1n) is 9.11. The number of sulfonamides is 1. The number of anilines is 2. The number of aromatic nitrogens is 2. The fourth-order valence-corrected chi connectivity index (χ4v) is 4.80. The summed E-state index contributed by atoms with van der Waals surface area (Å²) >= 11 is 0. The van der Waals surface area contributed by atoms with E-state index in [1.807, 2.05) is 5.32 Å². The second kappa shape index (κ2) is 7.31. The largest absolute Gasteiger partial charge is 0.421 e. The number of benzene rings is 2. The normalized spacial score (nSPS) is 18.1. The molecule has 0 fully saturated rings. The van der Waals surface area contributed by atoms with Crippen LogP contribution in [-0.2, 0) is 20.4 Å². The Hall–Kier alpha value is -3.91. The van der Waals surface area contributed by atoms with Gasteiger partial charge in [0, 0.05) is 5.69 Å². The number of halogens is 3. The number of amides is 1. The zero-order chi connectivity index (χ0) is 24.2. The van der Waals surface area contributed by atoms with Crippen LogP contribution in [0.25, 0.3) is 5.69 Å². The van der Waals surface area contributed by atoms with Crippen LogP contribution in [0, 0.1) is 0 Å². The van der Waals surface area contributed by atoms with E-state index in [1.54, 1.807) is 11.1 Å². The number of fused-ring (bicyclic) bond motifs is 1. The maximum Gasteiger partial charge on any atom is 0.421 e. The first-order chi connectivity index (χ1) is 15.4. The molecule has 1 aromatic heterocycles. The van der Waals surface area contributed by atoms with Gasteiger partial charge in [-0.1, -0.05) is 18.2 Å². The summed E-state index contributed by atoms with van der Waals surface area (Å²) in [6, 6.07) is 11.3. The Balaban J connectivity index is 2.02. The number of para-hydroxylation sites is 1. The third-order valence-electron chi connectivity index (χ3n) is 4.98. The van der Waals surface area contributed by atoms with Crippen LogP contribution >= 0.6 is 0 Å². The van der Waals surface area contributed by atoms with Gasteiger partial charge in [-0.2, -0.15) is 17.9 Å². The Bertz CT molecular complexity index is 1480. The zero-order valence-electron chi connectivity index (χ0n) is 16.3. The zero-order valence-corrected chi connectivity index (χ0v) is 17.1. The molecular weight excluding hydrogens is 467 g/mol. The van der Waals surface area contributed by atoms with Crippen LogP contribution in [0.4, 0.5) is 24.7 Å². The second-order valence-electron chi connectivity index (χ2n) is 7.03. The smallest absolute Gasteiger partial charge is 0.399 e. The summed E-state index contributed by atoms with van der Waals surface area (Å²) in [5.41, 5.74) is -2.40. The number of hydrogen-bond donors (Lipinski definition) is 4. The first-order valence-corrected chi connectivity index (χ1v) is 10.6. The highest BCUT2D eigenvalue weighted by molar-refractivity contribution is 7.89. The van der Waals surface area contributed by atoms with Crippen LogP contribution in [0.5, 0.6) is 0 Å². The third kappa shape index (κ3) is 3.39. The van der Waals surface area contributed by atoms with E-state index >= 15 is 0 Å². The predicted octanol–water partition coefficient (Wildman–Crippen LogP) is 0.796. The van der Waals surface area contributed by atoms with Crippen molar-refractivity contribution in [2.75, 3.05) is 11.1 Å². The molecule has 3 aromatic rings. The Morgan fingerprint density at radius 1 is 0.970 bits per heavy atom. The molecule has 2 heterocycles. The minimum Gasteiger partial charge on any atom is -0.399 e. The first kappa shape index (κ1) is 22.3. The van der Waals surface area contributed by atoms with E-state index < -0.39 is 55.2 Å². The number of alkyl halides is 3. The standard InChI is InChI=1S/C19H14F3N5O5S/c20-19(21,22)18(26-33(31,32)12-8-6-10(23)7-9-12)13-14(24-16(18)29)27(17(30)25-15(13)28)11-4-2-1-3-5-11/h1-9,26H,23H2,(H,24,29)(H,25,28,30)/t18-/m0/s1. The third-order valence-corrected chi connectivity index (χ3v) is 6.44. The van der Waals surface area contributed by atoms with Crippen molar-refractivity contribution in [1.82, 2.24) is 14.3 Å². The van der Waals surface area contributed by atoms with E-state index in [9.17, 15) is 36.0 Å². The number of carbonyl (C=O) groups excluding carboxylic acids is 1. The Morgan fingerprint density at radius 3 is 2.15 bits per heavy atom. The number of nitrogens with two attached hydrogens (primary N) is 1. The van der Waals surface area contributed by atoms with Gasteiger partial charge in [0.15, 0.2) is 0 Å². The van der Waals surface area contributed by atoms with Crippen molar-refractivity contribution >= 4 is 27.4 Å². The van der Waals surface area contributed by atoms with E-state index in [2.05, 4.69) is 0 Å². The number of nitrogen functional groups attached to an aromatic ring is 1. The lowest BCUT2D eigenvalue weighted by Gasteiger charge is -2.29. The number of H-pyrrole nitrogens is 1. The van der Waals surface area contributed by atoms with E-state index in [4.69, 9.17) is 5.73 Å². The van der Waals surface area contributed by atoms with Crippen LogP contribution in [0.15, 0.2) is 69.1 Å². The highest BCUT2D eigenvalue weighted by Crippen LogP contribution is 2.46. The molecule has 0 bridgehead atoms. The van der Waals surface area contributed by atoms with E-state index in [0.717, 1.165) is 24.3 Å². The molecule has 0 radical (unpaired) electrons. The monoisotopic (exact) mass is 481 g/mol. The van der Waals surface area contributed by atoms with Gasteiger partial charge in [0.25, 0.3) is 11.5 Å². The van der Waals surface area contributed by atoms with Gasteiger partial charge in [-0.15, -0.1) is 0 Å². The second-order valence-corrected chi connectivity index (χ2v) is 8.71. The van der Waals surface area contributed by atoms with Crippen molar-refractivity contribution < 1.29 is 26.4 Å². The van der Waals surface area contributed by atoms with Crippen LogP contribution in [0.3, 0.4) is 0 Å². The van der Waals surface area contributed by atoms with Gasteiger partial charge in [-0.05, 0) is 36.4 Å². The molecule has 1 aliphatic heterocycles. The summed E-state index contributed by atoms with van der Waals surface area (Å²) in [4.78, 5) is 38.9. The van der Waals surface area contributed by atoms with Crippen molar-refractivity contribution in [2.24, 2.45) is 0 Å². The number of nitrogens with zero attached hydrogens (tertiary/aromatic N) is 1. The Morgan fingerprint density at radius 2 is 1.58 bits per heavy atom. The molecular formula is C19H14F3N5O5S. The summed E-state index contributed by atoms with van der Waals surface area (Å²) in [5, 5.41) is 1.86. The van der Waals surface area contributed by atoms with Gasteiger partial charge >= 0.3 is 11.9 Å². The van der Waals surface area contributed by atoms with Crippen LogP contribution in [0.1, 0.15) is 5.56 Å². The molecule has 0 aliphatic carbocycles. The highest BCUT2D eigenvalue weighted by Gasteiger charge is 2.69. The molecule has 5 N–H and O–H groups in total. The van der Waals surface area contributed by atoms with Crippen molar-refractivity contribution in [1.29, 1.82) is 0 Å². The minimum atomic E-state index is -5.62. The van der Waals surface area contributed by atoms with Gasteiger partial charge < -0.3 is 11.1 Å². The van der Waals surface area contributed by atoms with E-state index in [1.165, 1.54) is 29.0 Å². The molecule has 0 spiro atoms. The molecule has 172 valence electrons. The van der Waals surface area contributed by atoms with Gasteiger partial charge in [-0.3, -0.25) is 14.6 Å². The maximum absolute atomic E-state index is 14.4. The summed E-state index contributed by atoms with van der Waals surface area (Å²) in [6.07, 6.45) is -5.62. The van der Waals surface area contributed by atoms with Crippen molar-refractivity contribution in [3.8, 4) is 5.69 Å². The average Bonchev–Trinajstić information content (AvgIpc) is 3.01. The van der Waals surface area contributed by atoms with Crippen LogP contribution < -0.4 is 27.0 Å². The number of nitrogens with one attached hydrogen (secondary N) is 3. The lowest BCUT2D eigenvalue weighted by atomic mass is 9.93. The quantitative estimate of drug-likeness (QED) is 0.404. The molecule has 10 nitrogen and oxygen atoms in total. The molecule has 2 aromatic carbocycles. The maximum atomic E-state index is 14.4. The van der Waals surface area contributed by atoms with Gasteiger partial charge in [0.2, 0.25) is 15.6 Å². The average molecular weight is 481 g/mol. The number of hydrogen-bond acceptors (Lipinski definition) is 6. The van der Waals surface area contributed by atoms with Crippen molar-refractivity contribution in [3.05, 3.63) is 81.0 Å². The summed E-state index contributed by atoms with van der Waals surface area (Å²) in [6.45, 7) is 0. The van der Waals surface area contributed by atoms with Gasteiger partial charge in [0.05, 0.1) is 16.1 Å². The van der Waals surface area contributed by atoms with Crippen molar-refractivity contribution in [3.63, 3.8) is 0 Å². The molecule has 33 heavy (non-hydrogen) atoms. The molecule has 1 amide bonds. The predicted molar refractivity (Wildman–Crippen MR) is 110 cm³/mol. The number of carbonyl (C=O) groups is 1. The molecule has 0 saturated carbocycles. The Labute approximate surface area is 182 Å². The van der Waals surface area contributed by atoms with E-state index in [0.29, 0.717) is 4.57 Å². The molecule has 0 saturated heterocycles. The van der Waals surface area contributed by atoms with Crippen molar-refractivity contribution in [2.45, 2.75) is 16.6 Å². The molecule has 14 heteroatoms. The molecule has 4 rings (SSSR count). The summed E-state index contributed by atoms with van der Waals surface area (Å²) in [5.74, 6) is -2.71.